The first-order valence-electron chi connectivity index (χ1n) is 3.28. The molecule has 2 heterocycles. The Morgan fingerprint density at radius 2 is 1.42 bits per heavy atom. The first-order chi connectivity index (χ1) is 5.95. The summed E-state index contributed by atoms with van der Waals surface area (Å²) in [6.07, 6.45) is 3.50. The van der Waals surface area contributed by atoms with Crippen molar-refractivity contribution in [2.24, 2.45) is 0 Å². The first-order valence-corrected chi connectivity index (χ1v) is 4.83. The highest BCUT2D eigenvalue weighted by Gasteiger charge is 1.88. The molecule has 0 bridgehead atoms. The van der Waals surface area contributed by atoms with E-state index < -0.39 is 0 Å². The van der Waals surface area contributed by atoms with Gasteiger partial charge in [-0.3, -0.25) is 0 Å². The van der Waals surface area contributed by atoms with Crippen LogP contribution in [-0.4, -0.2) is 8.75 Å². The van der Waals surface area contributed by atoms with E-state index in [9.17, 15) is 0 Å². The molecule has 2 aromatic rings. The van der Waals surface area contributed by atoms with Crippen LogP contribution in [0.15, 0.2) is 24.5 Å². The predicted octanol–water partition coefficient (Wildman–Crippen LogP) is 2.00. The van der Waals surface area contributed by atoms with Crippen LogP contribution in [0, 0.1) is 11.8 Å². The standard InChI is InChI=1S/C8H4N2S2/c1(7-3-5-9-11-7)2-8-4-6-10-12-8/h3-6H. The zero-order valence-electron chi connectivity index (χ0n) is 6.02. The van der Waals surface area contributed by atoms with Gasteiger partial charge < -0.3 is 0 Å². The van der Waals surface area contributed by atoms with Crippen LogP contribution in [0.1, 0.15) is 9.75 Å². The van der Waals surface area contributed by atoms with Crippen molar-refractivity contribution in [2.45, 2.75) is 0 Å². The maximum Gasteiger partial charge on any atom is 0.0979 e. The van der Waals surface area contributed by atoms with Gasteiger partial charge in [0.25, 0.3) is 0 Å². The molecular weight excluding hydrogens is 188 g/mol. The average Bonchev–Trinajstić information content (AvgIpc) is 2.74. The van der Waals surface area contributed by atoms with Gasteiger partial charge in [-0.05, 0) is 47.0 Å². The monoisotopic (exact) mass is 192 g/mol. The molecule has 0 aliphatic carbocycles. The van der Waals surface area contributed by atoms with E-state index in [1.54, 1.807) is 12.4 Å². The van der Waals surface area contributed by atoms with Gasteiger partial charge >= 0.3 is 0 Å². The number of hydrogen-bond donors (Lipinski definition) is 0. The van der Waals surface area contributed by atoms with Crippen LogP contribution in [0.3, 0.4) is 0 Å². The van der Waals surface area contributed by atoms with Crippen molar-refractivity contribution in [3.05, 3.63) is 34.3 Å². The molecule has 0 radical (unpaired) electrons. The topological polar surface area (TPSA) is 25.8 Å². The summed E-state index contributed by atoms with van der Waals surface area (Å²) in [5.41, 5.74) is 0. The summed E-state index contributed by atoms with van der Waals surface area (Å²) in [4.78, 5) is 1.98. The van der Waals surface area contributed by atoms with Gasteiger partial charge in [0.05, 0.1) is 9.75 Å². The van der Waals surface area contributed by atoms with Crippen molar-refractivity contribution in [3.8, 4) is 11.8 Å². The van der Waals surface area contributed by atoms with Gasteiger partial charge in [0.15, 0.2) is 0 Å². The molecule has 0 aliphatic rings. The Balaban J connectivity index is 2.22. The van der Waals surface area contributed by atoms with Crippen molar-refractivity contribution in [1.29, 1.82) is 0 Å². The fraction of sp³-hybridized carbons (Fsp3) is 0. The number of hydrogen-bond acceptors (Lipinski definition) is 4. The lowest BCUT2D eigenvalue weighted by Gasteiger charge is -1.73. The van der Waals surface area contributed by atoms with Crippen molar-refractivity contribution in [3.63, 3.8) is 0 Å². The second-order valence-corrected chi connectivity index (χ2v) is 3.67. The molecule has 4 heteroatoms. The highest BCUT2D eigenvalue weighted by Crippen LogP contribution is 2.04. The van der Waals surface area contributed by atoms with E-state index in [0.29, 0.717) is 0 Å². The van der Waals surface area contributed by atoms with Crippen LogP contribution in [0.25, 0.3) is 0 Å². The zero-order valence-corrected chi connectivity index (χ0v) is 7.65. The zero-order chi connectivity index (χ0) is 8.23. The van der Waals surface area contributed by atoms with E-state index in [-0.39, 0.29) is 0 Å². The second kappa shape index (κ2) is 3.48. The Labute approximate surface area is 78.2 Å². The van der Waals surface area contributed by atoms with Crippen molar-refractivity contribution in [2.75, 3.05) is 0 Å². The minimum absolute atomic E-state index is 0.989. The minimum Gasteiger partial charge on any atom is -0.200 e. The lowest BCUT2D eigenvalue weighted by Crippen LogP contribution is -1.61. The molecule has 58 valence electrons. The Morgan fingerprint density at radius 3 is 1.75 bits per heavy atom. The maximum absolute atomic E-state index is 3.95. The Hall–Kier alpha value is -1.18. The van der Waals surface area contributed by atoms with E-state index >= 15 is 0 Å². The number of aromatic nitrogens is 2. The molecule has 0 amide bonds. The molecule has 0 spiro atoms. The van der Waals surface area contributed by atoms with Crippen molar-refractivity contribution >= 4 is 23.1 Å². The molecule has 0 fully saturated rings. The van der Waals surface area contributed by atoms with Gasteiger partial charge in [0.1, 0.15) is 0 Å². The van der Waals surface area contributed by atoms with Crippen LogP contribution in [-0.2, 0) is 0 Å². The van der Waals surface area contributed by atoms with E-state index in [1.807, 2.05) is 12.1 Å². The van der Waals surface area contributed by atoms with Crippen LogP contribution in [0.4, 0.5) is 0 Å². The third-order valence-electron chi connectivity index (χ3n) is 1.18. The van der Waals surface area contributed by atoms with Crippen LogP contribution in [0.5, 0.6) is 0 Å². The van der Waals surface area contributed by atoms with Gasteiger partial charge in [-0.15, -0.1) is 0 Å². The summed E-state index contributed by atoms with van der Waals surface area (Å²) >= 11 is 2.81. The number of rotatable bonds is 0. The summed E-state index contributed by atoms with van der Waals surface area (Å²) < 4.78 is 7.90. The molecule has 0 saturated carbocycles. The lowest BCUT2D eigenvalue weighted by atomic mass is 10.4. The molecule has 0 atom stereocenters. The summed E-state index contributed by atoms with van der Waals surface area (Å²) in [6.45, 7) is 0. The van der Waals surface area contributed by atoms with E-state index in [4.69, 9.17) is 0 Å². The molecule has 2 aromatic heterocycles. The van der Waals surface area contributed by atoms with Crippen LogP contribution < -0.4 is 0 Å². The Kier molecular flexibility index (Phi) is 2.16. The van der Waals surface area contributed by atoms with Crippen LogP contribution in [0.2, 0.25) is 0 Å². The third-order valence-corrected chi connectivity index (χ3v) is 2.51. The molecular formula is C8H4N2S2. The average molecular weight is 192 g/mol. The minimum atomic E-state index is 0.989. The normalized spacial score (nSPS) is 9.00. The fourth-order valence-electron chi connectivity index (χ4n) is 0.684. The Bertz CT molecular complexity index is 354. The van der Waals surface area contributed by atoms with Crippen molar-refractivity contribution < 1.29 is 0 Å². The van der Waals surface area contributed by atoms with E-state index in [0.717, 1.165) is 9.75 Å². The highest BCUT2D eigenvalue weighted by molar-refractivity contribution is 7.06. The van der Waals surface area contributed by atoms with Crippen LogP contribution >= 0.6 is 23.1 Å². The molecule has 0 saturated heterocycles. The smallest absolute Gasteiger partial charge is 0.0979 e. The summed E-state index contributed by atoms with van der Waals surface area (Å²) in [5, 5.41) is 0. The molecule has 2 rings (SSSR count). The van der Waals surface area contributed by atoms with E-state index in [2.05, 4.69) is 20.6 Å². The maximum atomic E-state index is 3.95. The highest BCUT2D eigenvalue weighted by atomic mass is 32.1. The van der Waals surface area contributed by atoms with Gasteiger partial charge in [-0.1, -0.05) is 0 Å². The molecule has 0 N–H and O–H groups in total. The number of nitrogens with zero attached hydrogens (tertiary/aromatic N) is 2. The molecule has 0 aromatic carbocycles. The third kappa shape index (κ3) is 1.70. The first kappa shape index (κ1) is 7.47. The van der Waals surface area contributed by atoms with Gasteiger partial charge in [0.2, 0.25) is 0 Å². The SMILES string of the molecule is C(#Cc1ccns1)c1ccns1. The summed E-state index contributed by atoms with van der Waals surface area (Å²) in [7, 11) is 0. The molecule has 0 aliphatic heterocycles. The van der Waals surface area contributed by atoms with Gasteiger partial charge in [0, 0.05) is 12.4 Å². The summed E-state index contributed by atoms with van der Waals surface area (Å²) in [5.74, 6) is 6.01. The molecule has 12 heavy (non-hydrogen) atoms. The quantitative estimate of drug-likeness (QED) is 0.597. The largest absolute Gasteiger partial charge is 0.200 e. The van der Waals surface area contributed by atoms with Crippen molar-refractivity contribution in [1.82, 2.24) is 8.75 Å². The lowest BCUT2D eigenvalue weighted by molar-refractivity contribution is 1.58. The van der Waals surface area contributed by atoms with Gasteiger partial charge in [-0.2, -0.15) is 8.75 Å². The Morgan fingerprint density at radius 1 is 0.917 bits per heavy atom. The van der Waals surface area contributed by atoms with E-state index in [1.165, 1.54) is 23.1 Å². The molecule has 0 unspecified atom stereocenters. The molecule has 2 nitrogen and oxygen atoms in total. The fourth-order valence-corrected chi connectivity index (χ4v) is 1.59. The van der Waals surface area contributed by atoms with Gasteiger partial charge in [-0.25, -0.2) is 0 Å². The summed E-state index contributed by atoms with van der Waals surface area (Å²) in [6, 6.07) is 3.80. The predicted molar refractivity (Wildman–Crippen MR) is 50.2 cm³/mol. The second-order valence-electron chi connectivity index (χ2n) is 2.00.